The number of aryl methyl sites for hydroxylation is 1. The van der Waals surface area contributed by atoms with E-state index < -0.39 is 52.6 Å². The van der Waals surface area contributed by atoms with E-state index in [9.17, 15) is 22.7 Å². The largest absolute Gasteiger partial charge is 0.444 e. The van der Waals surface area contributed by atoms with Gasteiger partial charge in [-0.1, -0.05) is 34.1 Å². The van der Waals surface area contributed by atoms with Crippen LogP contribution in [0.25, 0.3) is 22.4 Å². The van der Waals surface area contributed by atoms with Crippen LogP contribution < -0.4 is 15.2 Å². The molecule has 0 radical (unpaired) electrons. The van der Waals surface area contributed by atoms with Gasteiger partial charge in [-0.25, -0.2) is 27.8 Å². The van der Waals surface area contributed by atoms with Gasteiger partial charge in [0.1, 0.15) is 28.8 Å². The van der Waals surface area contributed by atoms with Gasteiger partial charge in [-0.2, -0.15) is 4.98 Å². The lowest BCUT2D eigenvalue weighted by atomic mass is 10.0. The van der Waals surface area contributed by atoms with Crippen molar-refractivity contribution in [2.45, 2.75) is 78.4 Å². The van der Waals surface area contributed by atoms with Crippen LogP contribution in [0.2, 0.25) is 0 Å². The minimum absolute atomic E-state index is 0.0607. The molecule has 0 aliphatic carbocycles. The molecule has 1 amide bonds. The van der Waals surface area contributed by atoms with E-state index in [2.05, 4.69) is 36.2 Å². The summed E-state index contributed by atoms with van der Waals surface area (Å²) in [6.45, 7) is 10.7. The third-order valence-corrected chi connectivity index (χ3v) is 9.17. The number of aromatic nitrogens is 4. The van der Waals surface area contributed by atoms with Gasteiger partial charge in [0, 0.05) is 35.1 Å². The lowest BCUT2D eigenvalue weighted by molar-refractivity contribution is 0.0124. The number of amides is 1. The number of ether oxygens (including phenoxy) is 1. The summed E-state index contributed by atoms with van der Waals surface area (Å²) in [5.41, 5.74) is 0.815. The summed E-state index contributed by atoms with van der Waals surface area (Å²) < 4.78 is 61.2. The van der Waals surface area contributed by atoms with Crippen molar-refractivity contribution in [2.75, 3.05) is 22.7 Å². The number of carbonyl (C=O) groups is 1. The maximum atomic E-state index is 15.7. The SMILES string of the molecule is Cc1ccc(CN(c2ccc(-c3nc4cnc(N[C@H]5C[C@H](F)CN(C(=O)OC(C)(C)C)C5)nc4n(C(C)C)c3=O)cc2F)S(=O)O)c(Br)c1. The van der Waals surface area contributed by atoms with Crippen LogP contribution in [-0.2, 0) is 22.5 Å². The van der Waals surface area contributed by atoms with Crippen LogP contribution in [0, 0.1) is 12.7 Å². The number of hydrogen-bond donors (Lipinski definition) is 2. The van der Waals surface area contributed by atoms with Gasteiger partial charge in [0.25, 0.3) is 16.8 Å². The molecule has 3 atom stereocenters. The Morgan fingerprint density at radius 1 is 1.20 bits per heavy atom. The number of benzene rings is 2. The molecule has 0 bridgehead atoms. The maximum Gasteiger partial charge on any atom is 0.410 e. The number of likely N-dealkylation sites (tertiary alicyclic amines) is 1. The van der Waals surface area contributed by atoms with Crippen molar-refractivity contribution in [3.63, 3.8) is 0 Å². The molecule has 1 aliphatic heterocycles. The number of halogens is 3. The van der Waals surface area contributed by atoms with Crippen LogP contribution in [0.1, 0.15) is 58.2 Å². The quantitative estimate of drug-likeness (QED) is 0.191. The van der Waals surface area contributed by atoms with Gasteiger partial charge in [0.15, 0.2) is 5.65 Å². The topological polar surface area (TPSA) is 143 Å². The Labute approximate surface area is 293 Å². The second-order valence-corrected chi connectivity index (χ2v) is 15.0. The number of fused-ring (bicyclic) bond motifs is 1. The monoisotopic (exact) mass is 761 g/mol. The predicted octanol–water partition coefficient (Wildman–Crippen LogP) is 6.55. The molecular formula is C33H38BrF2N7O5S. The van der Waals surface area contributed by atoms with E-state index in [1.165, 1.54) is 27.8 Å². The number of carbonyl (C=O) groups excluding carboxylic acids is 1. The summed E-state index contributed by atoms with van der Waals surface area (Å²) in [6.07, 6.45) is -0.389. The number of rotatable bonds is 8. The Morgan fingerprint density at radius 2 is 1.94 bits per heavy atom. The first-order valence-corrected chi connectivity index (χ1v) is 17.5. The fourth-order valence-electron chi connectivity index (χ4n) is 5.55. The van der Waals surface area contributed by atoms with Gasteiger partial charge in [-0.15, -0.1) is 0 Å². The van der Waals surface area contributed by atoms with E-state index >= 15 is 4.39 Å². The average Bonchev–Trinajstić information content (AvgIpc) is 2.99. The Hall–Kier alpha value is -4.02. The van der Waals surface area contributed by atoms with E-state index in [0.717, 1.165) is 15.9 Å². The zero-order valence-corrected chi connectivity index (χ0v) is 30.3. The Bertz CT molecular complexity index is 1970. The van der Waals surface area contributed by atoms with Crippen molar-refractivity contribution >= 4 is 56.1 Å². The third-order valence-electron chi connectivity index (χ3n) is 7.73. The lowest BCUT2D eigenvalue weighted by Crippen LogP contribution is -2.51. The van der Waals surface area contributed by atoms with Gasteiger partial charge in [-0.05, 0) is 70.9 Å². The molecule has 3 heterocycles. The van der Waals surface area contributed by atoms with Crippen LogP contribution in [0.15, 0.2) is 51.9 Å². The highest BCUT2D eigenvalue weighted by Gasteiger charge is 2.33. The molecular weight excluding hydrogens is 724 g/mol. The van der Waals surface area contributed by atoms with E-state index in [4.69, 9.17) is 4.74 Å². The predicted molar refractivity (Wildman–Crippen MR) is 188 cm³/mol. The summed E-state index contributed by atoms with van der Waals surface area (Å²) in [7, 11) is 0. The molecule has 5 rings (SSSR count). The van der Waals surface area contributed by atoms with E-state index in [-0.39, 0.29) is 60.1 Å². The molecule has 12 nitrogen and oxygen atoms in total. The molecule has 16 heteroatoms. The Balaban J connectivity index is 1.44. The Kier molecular flexibility index (Phi) is 10.7. The number of nitrogens with one attached hydrogen (secondary N) is 1. The molecule has 1 fully saturated rings. The van der Waals surface area contributed by atoms with E-state index in [1.807, 2.05) is 19.1 Å². The minimum atomic E-state index is -2.56. The minimum Gasteiger partial charge on any atom is -0.444 e. The zero-order chi connectivity index (χ0) is 35.8. The second-order valence-electron chi connectivity index (χ2n) is 13.2. The number of piperidine rings is 1. The molecule has 2 aromatic carbocycles. The molecule has 262 valence electrons. The highest BCUT2D eigenvalue weighted by atomic mass is 79.9. The first-order valence-electron chi connectivity index (χ1n) is 15.6. The highest BCUT2D eigenvalue weighted by molar-refractivity contribution is 9.10. The fourth-order valence-corrected chi connectivity index (χ4v) is 6.74. The first kappa shape index (κ1) is 36.3. The summed E-state index contributed by atoms with van der Waals surface area (Å²) >= 11 is 0.901. The highest BCUT2D eigenvalue weighted by Crippen LogP contribution is 2.30. The van der Waals surface area contributed by atoms with Crippen molar-refractivity contribution in [1.29, 1.82) is 0 Å². The number of hydrogen-bond acceptors (Lipinski definition) is 8. The molecule has 49 heavy (non-hydrogen) atoms. The molecule has 1 unspecified atom stereocenters. The number of alkyl halides is 1. The summed E-state index contributed by atoms with van der Waals surface area (Å²) in [5, 5.41) is 3.08. The van der Waals surface area contributed by atoms with E-state index in [1.54, 1.807) is 40.7 Å². The van der Waals surface area contributed by atoms with E-state index in [0.29, 0.717) is 10.0 Å². The fraction of sp³-hybridized carbons (Fsp3) is 0.424. The molecule has 1 saturated heterocycles. The van der Waals surface area contributed by atoms with Crippen LogP contribution in [-0.4, -0.2) is 70.2 Å². The standard InChI is InChI=1S/C33H38BrF2N7O5S/c1-18(2)43-29-26(14-37-31(40-29)38-23-13-22(35)16-41(17-23)32(45)48-33(4,5)6)39-28(30(43)44)20-9-10-27(25(36)12-20)42(49(46)47)15-21-8-7-19(3)11-24(21)34/h7-12,14,18,22-23H,13,15-17H2,1-6H3,(H,46,47)(H,37,38,40)/t22-,23-/m0/s1. The number of anilines is 2. The molecule has 2 N–H and O–H groups in total. The third kappa shape index (κ3) is 8.41. The van der Waals surface area contributed by atoms with Crippen LogP contribution in [0.3, 0.4) is 0 Å². The van der Waals surface area contributed by atoms with Gasteiger partial charge in [0.2, 0.25) is 5.95 Å². The van der Waals surface area contributed by atoms with Gasteiger partial charge < -0.3 is 15.0 Å². The van der Waals surface area contributed by atoms with Crippen LogP contribution in [0.4, 0.5) is 25.2 Å². The summed E-state index contributed by atoms with van der Waals surface area (Å²) in [5.74, 6) is -0.706. The summed E-state index contributed by atoms with van der Waals surface area (Å²) in [4.78, 5) is 41.1. The van der Waals surface area contributed by atoms with Crippen molar-refractivity contribution in [1.82, 2.24) is 24.4 Å². The van der Waals surface area contributed by atoms with Crippen molar-refractivity contribution < 1.29 is 27.1 Å². The average molecular weight is 763 g/mol. The molecule has 4 aromatic rings. The molecule has 0 saturated carbocycles. The number of nitrogens with zero attached hydrogens (tertiary/aromatic N) is 6. The van der Waals surface area contributed by atoms with Crippen molar-refractivity contribution in [3.05, 3.63) is 74.4 Å². The molecule has 0 spiro atoms. The van der Waals surface area contributed by atoms with Crippen molar-refractivity contribution in [2.24, 2.45) is 0 Å². The van der Waals surface area contributed by atoms with Gasteiger partial charge >= 0.3 is 6.09 Å². The van der Waals surface area contributed by atoms with Crippen LogP contribution >= 0.6 is 15.9 Å². The zero-order valence-electron chi connectivity index (χ0n) is 27.9. The van der Waals surface area contributed by atoms with Gasteiger partial charge in [0.05, 0.1) is 25.0 Å². The lowest BCUT2D eigenvalue weighted by Gasteiger charge is -2.36. The van der Waals surface area contributed by atoms with Gasteiger partial charge in [-0.3, -0.25) is 18.2 Å². The van der Waals surface area contributed by atoms with Crippen molar-refractivity contribution in [3.8, 4) is 11.3 Å². The maximum absolute atomic E-state index is 15.7. The molecule has 1 aliphatic rings. The summed E-state index contributed by atoms with van der Waals surface area (Å²) in [6, 6.07) is 8.47. The Morgan fingerprint density at radius 3 is 2.57 bits per heavy atom. The first-order chi connectivity index (χ1) is 23.0. The second kappa shape index (κ2) is 14.5. The molecule has 2 aromatic heterocycles. The normalized spacial score (nSPS) is 17.3. The smallest absolute Gasteiger partial charge is 0.410 e. The van der Waals surface area contributed by atoms with Crippen LogP contribution in [0.5, 0.6) is 0 Å².